The molecule has 6 nitrogen and oxygen atoms in total. The molecule has 1 fully saturated rings. The number of carbonyl (C=O) groups is 3. The van der Waals surface area contributed by atoms with Crippen LogP contribution in [0.1, 0.15) is 46.0 Å². The summed E-state index contributed by atoms with van der Waals surface area (Å²) in [7, 11) is 0. The zero-order valence-electron chi connectivity index (χ0n) is 11.6. The molecule has 0 spiro atoms. The van der Waals surface area contributed by atoms with E-state index in [-0.39, 0.29) is 50.1 Å². The molecular weight excluding hydrogens is 248 g/mol. The van der Waals surface area contributed by atoms with Crippen molar-refractivity contribution in [2.45, 2.75) is 51.5 Å². The summed E-state index contributed by atoms with van der Waals surface area (Å²) in [4.78, 5) is 35.7. The fourth-order valence-corrected chi connectivity index (χ4v) is 2.06. The van der Waals surface area contributed by atoms with Gasteiger partial charge < -0.3 is 10.4 Å². The van der Waals surface area contributed by atoms with E-state index in [1.54, 1.807) is 0 Å². The molecule has 0 aromatic carbocycles. The number of aliphatic hydroxyl groups excluding tert-OH is 1. The predicted molar refractivity (Wildman–Crippen MR) is 69.1 cm³/mol. The highest BCUT2D eigenvalue weighted by atomic mass is 16.3. The number of hydrogen-bond donors (Lipinski definition) is 2. The zero-order valence-corrected chi connectivity index (χ0v) is 11.6. The standard InChI is InChI=1S/C13H22N2O4/c1-3-13(2,7-9-16)14-10(17)6-8-15-11(18)4-5-12(15)19/h16H,3-9H2,1-2H3,(H,14,17). The van der Waals surface area contributed by atoms with Crippen LogP contribution in [0, 0.1) is 0 Å². The average Bonchev–Trinajstić information content (AvgIpc) is 2.67. The van der Waals surface area contributed by atoms with Gasteiger partial charge in [0.15, 0.2) is 0 Å². The van der Waals surface area contributed by atoms with Crippen molar-refractivity contribution < 1.29 is 19.5 Å². The molecule has 3 amide bonds. The molecule has 2 N–H and O–H groups in total. The Hall–Kier alpha value is -1.43. The monoisotopic (exact) mass is 270 g/mol. The van der Waals surface area contributed by atoms with Gasteiger partial charge in [0.25, 0.3) is 0 Å². The second-order valence-electron chi connectivity index (χ2n) is 5.13. The number of hydrogen-bond acceptors (Lipinski definition) is 4. The molecule has 0 aromatic heterocycles. The lowest BCUT2D eigenvalue weighted by molar-refractivity contribution is -0.138. The number of imide groups is 1. The summed E-state index contributed by atoms with van der Waals surface area (Å²) in [5.74, 6) is -0.608. The fraction of sp³-hybridized carbons (Fsp3) is 0.769. The van der Waals surface area contributed by atoms with Gasteiger partial charge in [-0.3, -0.25) is 19.3 Å². The van der Waals surface area contributed by atoms with Gasteiger partial charge in [0.05, 0.1) is 0 Å². The third-order valence-electron chi connectivity index (χ3n) is 3.60. The van der Waals surface area contributed by atoms with E-state index in [1.807, 2.05) is 13.8 Å². The zero-order chi connectivity index (χ0) is 14.5. The first kappa shape index (κ1) is 15.6. The Labute approximate surface area is 113 Å². The Morgan fingerprint density at radius 1 is 1.37 bits per heavy atom. The highest BCUT2D eigenvalue weighted by Crippen LogP contribution is 2.15. The lowest BCUT2D eigenvalue weighted by Crippen LogP contribution is -2.47. The molecule has 0 bridgehead atoms. The molecule has 1 atom stereocenters. The molecule has 0 aromatic rings. The SMILES string of the molecule is CCC(C)(CCO)NC(=O)CCN1C(=O)CCC1=O. The summed E-state index contributed by atoms with van der Waals surface area (Å²) >= 11 is 0. The van der Waals surface area contributed by atoms with Crippen LogP contribution in [0.5, 0.6) is 0 Å². The molecule has 108 valence electrons. The Morgan fingerprint density at radius 2 is 1.95 bits per heavy atom. The van der Waals surface area contributed by atoms with Crippen LogP contribution in [0.3, 0.4) is 0 Å². The van der Waals surface area contributed by atoms with Gasteiger partial charge in [0.1, 0.15) is 0 Å². The maximum Gasteiger partial charge on any atom is 0.229 e. The van der Waals surface area contributed by atoms with Crippen LogP contribution in [-0.4, -0.2) is 46.4 Å². The van der Waals surface area contributed by atoms with Crippen molar-refractivity contribution in [3.8, 4) is 0 Å². The molecule has 1 heterocycles. The van der Waals surface area contributed by atoms with Gasteiger partial charge in [-0.25, -0.2) is 0 Å². The number of nitrogens with zero attached hydrogens (tertiary/aromatic N) is 1. The van der Waals surface area contributed by atoms with E-state index in [1.165, 1.54) is 0 Å². The molecule has 0 radical (unpaired) electrons. The average molecular weight is 270 g/mol. The summed E-state index contributed by atoms with van der Waals surface area (Å²) in [5, 5.41) is 11.8. The van der Waals surface area contributed by atoms with Crippen LogP contribution >= 0.6 is 0 Å². The molecule has 1 aliphatic rings. The molecule has 1 rings (SSSR count). The maximum atomic E-state index is 11.8. The number of nitrogens with one attached hydrogen (secondary N) is 1. The maximum absolute atomic E-state index is 11.8. The largest absolute Gasteiger partial charge is 0.396 e. The first-order valence-corrected chi connectivity index (χ1v) is 6.67. The molecule has 1 unspecified atom stereocenters. The Morgan fingerprint density at radius 3 is 2.42 bits per heavy atom. The lowest BCUT2D eigenvalue weighted by Gasteiger charge is -2.29. The Bertz CT molecular complexity index is 354. The summed E-state index contributed by atoms with van der Waals surface area (Å²) < 4.78 is 0. The van der Waals surface area contributed by atoms with Crippen molar-refractivity contribution in [3.05, 3.63) is 0 Å². The minimum atomic E-state index is -0.440. The topological polar surface area (TPSA) is 86.7 Å². The third-order valence-corrected chi connectivity index (χ3v) is 3.60. The van der Waals surface area contributed by atoms with E-state index >= 15 is 0 Å². The van der Waals surface area contributed by atoms with Crippen LogP contribution in [0.15, 0.2) is 0 Å². The molecule has 6 heteroatoms. The summed E-state index contributed by atoms with van der Waals surface area (Å²) in [6, 6.07) is 0. The van der Waals surface area contributed by atoms with Crippen molar-refractivity contribution >= 4 is 17.7 Å². The van der Waals surface area contributed by atoms with Crippen LogP contribution < -0.4 is 5.32 Å². The van der Waals surface area contributed by atoms with Gasteiger partial charge in [-0.05, 0) is 19.8 Å². The van der Waals surface area contributed by atoms with E-state index in [2.05, 4.69) is 5.32 Å². The smallest absolute Gasteiger partial charge is 0.229 e. The van der Waals surface area contributed by atoms with E-state index < -0.39 is 5.54 Å². The van der Waals surface area contributed by atoms with E-state index in [9.17, 15) is 14.4 Å². The summed E-state index contributed by atoms with van der Waals surface area (Å²) in [5.41, 5.74) is -0.440. The van der Waals surface area contributed by atoms with E-state index in [0.29, 0.717) is 12.8 Å². The molecule has 19 heavy (non-hydrogen) atoms. The quantitative estimate of drug-likeness (QED) is 0.647. The second kappa shape index (κ2) is 6.65. The highest BCUT2D eigenvalue weighted by molar-refractivity contribution is 6.02. The van der Waals surface area contributed by atoms with Crippen LogP contribution in [0.4, 0.5) is 0 Å². The first-order chi connectivity index (χ1) is 8.91. The Balaban J connectivity index is 2.43. The minimum absolute atomic E-state index is 0.00766. The molecule has 0 saturated carbocycles. The van der Waals surface area contributed by atoms with Gasteiger partial charge in [0.2, 0.25) is 17.7 Å². The molecule has 0 aliphatic carbocycles. The first-order valence-electron chi connectivity index (χ1n) is 6.67. The number of amides is 3. The van der Waals surface area contributed by atoms with Gasteiger partial charge in [-0.1, -0.05) is 6.92 Å². The Kier molecular flexibility index (Phi) is 5.47. The van der Waals surface area contributed by atoms with Gasteiger partial charge in [-0.2, -0.15) is 0 Å². The summed E-state index contributed by atoms with van der Waals surface area (Å²) in [6.07, 6.45) is 1.80. The van der Waals surface area contributed by atoms with Crippen molar-refractivity contribution in [1.29, 1.82) is 0 Å². The van der Waals surface area contributed by atoms with Crippen LogP contribution in [-0.2, 0) is 14.4 Å². The third kappa shape index (κ3) is 4.31. The van der Waals surface area contributed by atoms with Gasteiger partial charge >= 0.3 is 0 Å². The van der Waals surface area contributed by atoms with Gasteiger partial charge in [-0.15, -0.1) is 0 Å². The van der Waals surface area contributed by atoms with Crippen LogP contribution in [0.2, 0.25) is 0 Å². The lowest BCUT2D eigenvalue weighted by atomic mass is 9.95. The highest BCUT2D eigenvalue weighted by Gasteiger charge is 2.29. The predicted octanol–water partition coefficient (Wildman–Crippen LogP) is 0.193. The number of likely N-dealkylation sites (tertiary alicyclic amines) is 1. The van der Waals surface area contributed by atoms with E-state index in [0.717, 1.165) is 4.90 Å². The number of aliphatic hydroxyl groups is 1. The molecule has 1 saturated heterocycles. The molecule has 1 aliphatic heterocycles. The summed E-state index contributed by atoms with van der Waals surface area (Å²) in [6.45, 7) is 3.95. The van der Waals surface area contributed by atoms with Crippen molar-refractivity contribution in [2.24, 2.45) is 0 Å². The second-order valence-corrected chi connectivity index (χ2v) is 5.13. The minimum Gasteiger partial charge on any atom is -0.396 e. The normalized spacial score (nSPS) is 18.6. The van der Waals surface area contributed by atoms with Crippen molar-refractivity contribution in [2.75, 3.05) is 13.2 Å². The van der Waals surface area contributed by atoms with Crippen LogP contribution in [0.25, 0.3) is 0 Å². The van der Waals surface area contributed by atoms with Gasteiger partial charge in [0, 0.05) is 38.0 Å². The fourth-order valence-electron chi connectivity index (χ4n) is 2.06. The number of carbonyl (C=O) groups excluding carboxylic acids is 3. The van der Waals surface area contributed by atoms with E-state index in [4.69, 9.17) is 5.11 Å². The van der Waals surface area contributed by atoms with Crippen molar-refractivity contribution in [3.63, 3.8) is 0 Å². The molecular formula is C13H22N2O4. The number of rotatable bonds is 7. The van der Waals surface area contributed by atoms with Crippen molar-refractivity contribution in [1.82, 2.24) is 10.2 Å².